The molecule has 0 fully saturated rings. The van der Waals surface area contributed by atoms with Crippen LogP contribution in [0.5, 0.6) is 0 Å². The zero-order chi connectivity index (χ0) is 8.85. The van der Waals surface area contributed by atoms with Crippen molar-refractivity contribution in [3.63, 3.8) is 0 Å². The molecule has 2 unspecified atom stereocenters. The summed E-state index contributed by atoms with van der Waals surface area (Å²) in [7, 11) is 0. The molecule has 2 N–H and O–H groups in total. The van der Waals surface area contributed by atoms with Gasteiger partial charge in [-0.3, -0.25) is 4.55 Å². The number of hydrogen-bond acceptors (Lipinski definition) is 4. The SMILES string of the molecule is CC(C)OCC(O)OS(=O)O. The lowest BCUT2D eigenvalue weighted by atomic mass is 10.5. The fraction of sp³-hybridized carbons (Fsp3) is 1.00. The lowest BCUT2D eigenvalue weighted by Crippen LogP contribution is -2.22. The molecule has 0 amide bonds. The van der Waals surface area contributed by atoms with E-state index in [0.717, 1.165) is 0 Å². The van der Waals surface area contributed by atoms with Gasteiger partial charge in [-0.2, -0.15) is 4.21 Å². The van der Waals surface area contributed by atoms with Crippen molar-refractivity contribution >= 4 is 11.4 Å². The van der Waals surface area contributed by atoms with Crippen LogP contribution in [-0.2, 0) is 20.3 Å². The van der Waals surface area contributed by atoms with Gasteiger partial charge < -0.3 is 9.84 Å². The zero-order valence-corrected chi connectivity index (χ0v) is 7.21. The van der Waals surface area contributed by atoms with E-state index in [2.05, 4.69) is 4.18 Å². The van der Waals surface area contributed by atoms with Crippen LogP contribution in [-0.4, -0.2) is 32.9 Å². The van der Waals surface area contributed by atoms with E-state index >= 15 is 0 Å². The van der Waals surface area contributed by atoms with Crippen LogP contribution in [0.3, 0.4) is 0 Å². The Morgan fingerprint density at radius 1 is 1.55 bits per heavy atom. The Kier molecular flexibility index (Phi) is 5.61. The molecule has 68 valence electrons. The van der Waals surface area contributed by atoms with E-state index < -0.39 is 17.7 Å². The molecule has 0 saturated heterocycles. The van der Waals surface area contributed by atoms with Crippen molar-refractivity contribution in [3.8, 4) is 0 Å². The molecule has 5 nitrogen and oxygen atoms in total. The molecule has 0 spiro atoms. The fourth-order valence-corrected chi connectivity index (χ4v) is 0.643. The minimum atomic E-state index is -2.44. The van der Waals surface area contributed by atoms with Crippen molar-refractivity contribution in [1.29, 1.82) is 0 Å². The summed E-state index contributed by atoms with van der Waals surface area (Å²) in [5.74, 6) is 0. The maximum absolute atomic E-state index is 9.93. The summed E-state index contributed by atoms with van der Waals surface area (Å²) in [6.45, 7) is 3.45. The van der Waals surface area contributed by atoms with E-state index in [-0.39, 0.29) is 12.7 Å². The van der Waals surface area contributed by atoms with Crippen molar-refractivity contribution in [1.82, 2.24) is 0 Å². The van der Waals surface area contributed by atoms with Crippen LogP contribution in [0.1, 0.15) is 13.8 Å². The highest BCUT2D eigenvalue weighted by atomic mass is 32.2. The van der Waals surface area contributed by atoms with E-state index in [1.807, 2.05) is 0 Å². The van der Waals surface area contributed by atoms with Crippen LogP contribution >= 0.6 is 0 Å². The van der Waals surface area contributed by atoms with E-state index in [4.69, 9.17) is 14.4 Å². The van der Waals surface area contributed by atoms with Gasteiger partial charge in [0.2, 0.25) is 0 Å². The highest BCUT2D eigenvalue weighted by molar-refractivity contribution is 7.74. The zero-order valence-electron chi connectivity index (χ0n) is 6.39. The predicted molar refractivity (Wildman–Crippen MR) is 39.0 cm³/mol. The first-order chi connectivity index (χ1) is 5.02. The second-order valence-corrected chi connectivity index (χ2v) is 2.78. The molecular weight excluding hydrogens is 172 g/mol. The number of aliphatic hydroxyl groups excluding tert-OH is 1. The Bertz CT molecular complexity index is 126. The van der Waals surface area contributed by atoms with E-state index in [1.54, 1.807) is 13.8 Å². The number of aliphatic hydroxyl groups is 1. The molecule has 0 heterocycles. The van der Waals surface area contributed by atoms with Gasteiger partial charge in [-0.1, -0.05) is 0 Å². The molecule has 11 heavy (non-hydrogen) atoms. The minimum absolute atomic E-state index is 0.0413. The topological polar surface area (TPSA) is 76.0 Å². The lowest BCUT2D eigenvalue weighted by Gasteiger charge is -2.10. The van der Waals surface area contributed by atoms with E-state index in [1.165, 1.54) is 0 Å². The van der Waals surface area contributed by atoms with Crippen LogP contribution in [0.2, 0.25) is 0 Å². The largest absolute Gasteiger partial charge is 0.373 e. The summed E-state index contributed by atoms with van der Waals surface area (Å²) in [6.07, 6.45) is -1.39. The smallest absolute Gasteiger partial charge is 0.304 e. The van der Waals surface area contributed by atoms with Crippen LogP contribution in [0.15, 0.2) is 0 Å². The first-order valence-electron chi connectivity index (χ1n) is 3.10. The van der Waals surface area contributed by atoms with Crippen molar-refractivity contribution < 1.29 is 22.8 Å². The van der Waals surface area contributed by atoms with Gasteiger partial charge >= 0.3 is 11.4 Å². The average Bonchev–Trinajstić information content (AvgIpc) is 1.82. The molecule has 2 atom stereocenters. The van der Waals surface area contributed by atoms with Gasteiger partial charge in [0.25, 0.3) is 0 Å². The van der Waals surface area contributed by atoms with Gasteiger partial charge in [0, 0.05) is 0 Å². The number of rotatable bonds is 5. The molecular formula is C5H12O5S. The normalized spacial score (nSPS) is 16.8. The predicted octanol–water partition coefficient (Wildman–Crippen LogP) is -0.117. The third kappa shape index (κ3) is 7.89. The van der Waals surface area contributed by atoms with Crippen molar-refractivity contribution in [2.45, 2.75) is 26.2 Å². The molecule has 0 aliphatic heterocycles. The summed E-state index contributed by atoms with van der Waals surface area (Å²) in [6, 6.07) is 0. The molecule has 0 aromatic carbocycles. The number of ether oxygens (including phenoxy) is 1. The average molecular weight is 184 g/mol. The Morgan fingerprint density at radius 2 is 2.09 bits per heavy atom. The molecule has 0 aliphatic rings. The third-order valence-corrected chi connectivity index (χ3v) is 1.15. The molecule has 0 aromatic rings. The molecule has 0 rings (SSSR count). The van der Waals surface area contributed by atoms with Gasteiger partial charge in [-0.05, 0) is 13.8 Å². The number of hydrogen-bond donors (Lipinski definition) is 2. The summed E-state index contributed by atoms with van der Waals surface area (Å²) >= 11 is -2.44. The molecule has 0 aliphatic carbocycles. The quantitative estimate of drug-likeness (QED) is 0.460. The summed E-state index contributed by atoms with van der Waals surface area (Å²) < 4.78 is 27.0. The third-order valence-electron chi connectivity index (χ3n) is 0.766. The first-order valence-corrected chi connectivity index (χ1v) is 4.13. The van der Waals surface area contributed by atoms with Gasteiger partial charge in [-0.25, -0.2) is 4.18 Å². The lowest BCUT2D eigenvalue weighted by molar-refractivity contribution is -0.0875. The van der Waals surface area contributed by atoms with Crippen LogP contribution in [0.4, 0.5) is 0 Å². The Hall–Kier alpha value is -0.0100. The fourth-order valence-electron chi connectivity index (χ4n) is 0.398. The standard InChI is InChI=1S/C5H12O5S/c1-4(2)9-3-5(6)10-11(7)8/h4-6H,3H2,1-2H3,(H,7,8). The molecule has 0 saturated carbocycles. The van der Waals surface area contributed by atoms with Crippen LogP contribution in [0.25, 0.3) is 0 Å². The van der Waals surface area contributed by atoms with Crippen molar-refractivity contribution in [2.24, 2.45) is 0 Å². The highest BCUT2D eigenvalue weighted by Crippen LogP contribution is 1.94. The summed E-state index contributed by atoms with van der Waals surface area (Å²) in [4.78, 5) is 0. The minimum Gasteiger partial charge on any atom is -0.373 e. The second-order valence-electron chi connectivity index (χ2n) is 2.15. The molecule has 0 bridgehead atoms. The Labute approximate surface area is 67.8 Å². The maximum Gasteiger partial charge on any atom is 0.304 e. The van der Waals surface area contributed by atoms with Gasteiger partial charge in [0.15, 0.2) is 6.29 Å². The van der Waals surface area contributed by atoms with Gasteiger partial charge in [0.1, 0.15) is 0 Å². The summed E-state index contributed by atoms with van der Waals surface area (Å²) in [5, 5.41) is 8.77. The first kappa shape index (κ1) is 11.0. The highest BCUT2D eigenvalue weighted by Gasteiger charge is 2.08. The molecule has 0 aromatic heterocycles. The maximum atomic E-state index is 9.93. The molecule has 0 radical (unpaired) electrons. The van der Waals surface area contributed by atoms with Gasteiger partial charge in [0.05, 0.1) is 12.7 Å². The second kappa shape index (κ2) is 5.62. The van der Waals surface area contributed by atoms with Crippen molar-refractivity contribution in [2.75, 3.05) is 6.61 Å². The Morgan fingerprint density at radius 3 is 2.45 bits per heavy atom. The van der Waals surface area contributed by atoms with Crippen LogP contribution in [0, 0.1) is 0 Å². The monoisotopic (exact) mass is 184 g/mol. The Balaban J connectivity index is 3.37. The van der Waals surface area contributed by atoms with E-state index in [0.29, 0.717) is 0 Å². The molecule has 6 heteroatoms. The summed E-state index contributed by atoms with van der Waals surface area (Å²) in [5.41, 5.74) is 0. The van der Waals surface area contributed by atoms with Crippen LogP contribution < -0.4 is 0 Å². The van der Waals surface area contributed by atoms with E-state index in [9.17, 15) is 4.21 Å². The van der Waals surface area contributed by atoms with Crippen molar-refractivity contribution in [3.05, 3.63) is 0 Å². The van der Waals surface area contributed by atoms with Gasteiger partial charge in [-0.15, -0.1) is 0 Å².